The average molecular weight is 417 g/mol. The van der Waals surface area contributed by atoms with Crippen molar-refractivity contribution in [2.45, 2.75) is 76.0 Å². The van der Waals surface area contributed by atoms with Gasteiger partial charge < -0.3 is 10.0 Å². The number of β-amino-alcohol motifs (C(OH)–C–C–N with tert-alkyl or cyclic N) is 1. The monoisotopic (exact) mass is 416 g/mol. The molecule has 0 bridgehead atoms. The largest absolute Gasteiger partial charge is 0.389 e. The van der Waals surface area contributed by atoms with Crippen molar-refractivity contribution in [3.63, 3.8) is 0 Å². The standard InChI is InChI=1S/C22H29ClN4O2/c1-2-3-4-5-22(29)26-14-21(28)20(27-13-18(24-25-27)15-6-7-15)12-19(26)16-8-10-17(23)11-9-16/h8-11,13,15,19-21,28H,2-7,12,14H2,1H3/t19-,20-,21-/m1/s1. The topological polar surface area (TPSA) is 71.2 Å². The number of aromatic nitrogens is 3. The average Bonchev–Trinajstić information content (AvgIpc) is 3.46. The van der Waals surface area contributed by atoms with Gasteiger partial charge >= 0.3 is 0 Å². The van der Waals surface area contributed by atoms with Crippen molar-refractivity contribution in [3.8, 4) is 0 Å². The molecule has 2 heterocycles. The highest BCUT2D eigenvalue weighted by Gasteiger charge is 2.39. The zero-order chi connectivity index (χ0) is 20.4. The van der Waals surface area contributed by atoms with E-state index >= 15 is 0 Å². The summed E-state index contributed by atoms with van der Waals surface area (Å²) in [5.41, 5.74) is 2.05. The third-order valence-electron chi connectivity index (χ3n) is 6.10. The highest BCUT2D eigenvalue weighted by molar-refractivity contribution is 6.30. The molecule has 1 saturated carbocycles. The highest BCUT2D eigenvalue weighted by Crippen LogP contribution is 2.41. The van der Waals surface area contributed by atoms with Gasteiger partial charge in [0.05, 0.1) is 23.9 Å². The number of amides is 1. The first-order valence-electron chi connectivity index (χ1n) is 10.7. The summed E-state index contributed by atoms with van der Waals surface area (Å²) < 4.78 is 1.81. The molecule has 1 saturated heterocycles. The number of aliphatic hydroxyl groups is 1. The summed E-state index contributed by atoms with van der Waals surface area (Å²) in [4.78, 5) is 14.8. The molecule has 3 atom stereocenters. The van der Waals surface area contributed by atoms with E-state index in [4.69, 9.17) is 11.6 Å². The molecule has 156 valence electrons. The third kappa shape index (κ3) is 4.64. The maximum Gasteiger partial charge on any atom is 0.223 e. The van der Waals surface area contributed by atoms with Gasteiger partial charge in [0.2, 0.25) is 5.91 Å². The molecule has 29 heavy (non-hydrogen) atoms. The molecule has 1 aromatic carbocycles. The number of hydrogen-bond acceptors (Lipinski definition) is 4. The van der Waals surface area contributed by atoms with Crippen LogP contribution in [0.15, 0.2) is 30.5 Å². The minimum absolute atomic E-state index is 0.105. The SMILES string of the molecule is CCCCCC(=O)N1C[C@@H](O)[C@H](n2cc(C3CC3)nn2)C[C@@H]1c1ccc(Cl)cc1. The van der Waals surface area contributed by atoms with E-state index in [1.165, 1.54) is 12.8 Å². The molecule has 1 aliphatic heterocycles. The molecular formula is C22H29ClN4O2. The van der Waals surface area contributed by atoms with Crippen molar-refractivity contribution < 1.29 is 9.90 Å². The van der Waals surface area contributed by atoms with Crippen LogP contribution in [-0.2, 0) is 4.79 Å². The predicted octanol–water partition coefficient (Wildman–Crippen LogP) is 4.26. The molecule has 0 radical (unpaired) electrons. The summed E-state index contributed by atoms with van der Waals surface area (Å²) in [6.45, 7) is 2.44. The Balaban J connectivity index is 1.57. The molecule has 2 aromatic rings. The van der Waals surface area contributed by atoms with Crippen molar-refractivity contribution >= 4 is 17.5 Å². The van der Waals surface area contributed by atoms with Gasteiger partial charge in [0.1, 0.15) is 0 Å². The minimum Gasteiger partial charge on any atom is -0.389 e. The van der Waals surface area contributed by atoms with Crippen LogP contribution in [0, 0.1) is 0 Å². The smallest absolute Gasteiger partial charge is 0.223 e. The van der Waals surface area contributed by atoms with E-state index in [1.807, 2.05) is 35.4 Å². The number of carbonyl (C=O) groups excluding carboxylic acids is 1. The van der Waals surface area contributed by atoms with Crippen molar-refractivity contribution in [3.05, 3.63) is 46.7 Å². The fourth-order valence-electron chi connectivity index (χ4n) is 4.21. The lowest BCUT2D eigenvalue weighted by atomic mass is 9.89. The molecule has 0 spiro atoms. The van der Waals surface area contributed by atoms with Gasteiger partial charge in [-0.1, -0.05) is 48.7 Å². The Bertz CT molecular complexity index is 834. The van der Waals surface area contributed by atoms with Crippen LogP contribution in [0.3, 0.4) is 0 Å². The molecular weight excluding hydrogens is 388 g/mol. The zero-order valence-electron chi connectivity index (χ0n) is 16.9. The van der Waals surface area contributed by atoms with Crippen LogP contribution < -0.4 is 0 Å². The first-order chi connectivity index (χ1) is 14.1. The number of rotatable bonds is 7. The van der Waals surface area contributed by atoms with Crippen LogP contribution in [0.5, 0.6) is 0 Å². The van der Waals surface area contributed by atoms with E-state index in [9.17, 15) is 9.90 Å². The van der Waals surface area contributed by atoms with Crippen LogP contribution >= 0.6 is 11.6 Å². The second-order valence-electron chi connectivity index (χ2n) is 8.34. The Morgan fingerprint density at radius 3 is 2.69 bits per heavy atom. The zero-order valence-corrected chi connectivity index (χ0v) is 17.6. The number of nitrogens with zero attached hydrogens (tertiary/aromatic N) is 4. The van der Waals surface area contributed by atoms with Gasteiger partial charge in [-0.05, 0) is 43.4 Å². The van der Waals surface area contributed by atoms with Crippen molar-refractivity contribution in [2.75, 3.05) is 6.54 Å². The maximum atomic E-state index is 13.0. The van der Waals surface area contributed by atoms with E-state index in [0.717, 1.165) is 30.5 Å². The number of piperidine rings is 1. The van der Waals surface area contributed by atoms with Crippen molar-refractivity contribution in [2.24, 2.45) is 0 Å². The molecule has 1 N–H and O–H groups in total. The molecule has 2 aliphatic rings. The summed E-state index contributed by atoms with van der Waals surface area (Å²) in [5.74, 6) is 0.626. The number of likely N-dealkylation sites (tertiary alicyclic amines) is 1. The number of unbranched alkanes of at least 4 members (excludes halogenated alkanes) is 2. The second-order valence-corrected chi connectivity index (χ2v) is 8.78. The van der Waals surface area contributed by atoms with Gasteiger partial charge in [-0.15, -0.1) is 5.10 Å². The molecule has 7 heteroatoms. The Hall–Kier alpha value is -1.92. The number of halogens is 1. The fraction of sp³-hybridized carbons (Fsp3) is 0.591. The quantitative estimate of drug-likeness (QED) is 0.684. The summed E-state index contributed by atoms with van der Waals surface area (Å²) in [5, 5.41) is 20.2. The Kier molecular flexibility index (Phi) is 6.20. The third-order valence-corrected chi connectivity index (χ3v) is 6.35. The van der Waals surface area contributed by atoms with Gasteiger partial charge in [0.15, 0.2) is 0 Å². The van der Waals surface area contributed by atoms with E-state index < -0.39 is 6.10 Å². The molecule has 4 rings (SSSR count). The summed E-state index contributed by atoms with van der Waals surface area (Å²) in [7, 11) is 0. The lowest BCUT2D eigenvalue weighted by Gasteiger charge is -2.42. The number of hydrogen-bond donors (Lipinski definition) is 1. The van der Waals surface area contributed by atoms with Gasteiger partial charge in [-0.3, -0.25) is 4.79 Å². The van der Waals surface area contributed by atoms with E-state index in [0.29, 0.717) is 30.3 Å². The Morgan fingerprint density at radius 1 is 1.24 bits per heavy atom. The van der Waals surface area contributed by atoms with Crippen LogP contribution in [0.25, 0.3) is 0 Å². The molecule has 6 nitrogen and oxygen atoms in total. The molecule has 1 aromatic heterocycles. The molecule has 2 fully saturated rings. The van der Waals surface area contributed by atoms with E-state index in [2.05, 4.69) is 17.2 Å². The van der Waals surface area contributed by atoms with Gasteiger partial charge in [-0.25, -0.2) is 4.68 Å². The lowest BCUT2D eigenvalue weighted by Crippen LogP contribution is -2.49. The van der Waals surface area contributed by atoms with Crippen molar-refractivity contribution in [1.82, 2.24) is 19.9 Å². The van der Waals surface area contributed by atoms with Crippen LogP contribution in [0.1, 0.15) is 81.1 Å². The molecule has 1 amide bonds. The summed E-state index contributed by atoms with van der Waals surface area (Å²) >= 11 is 6.08. The number of benzene rings is 1. The second kappa shape index (κ2) is 8.84. The maximum absolute atomic E-state index is 13.0. The highest BCUT2D eigenvalue weighted by atomic mass is 35.5. The lowest BCUT2D eigenvalue weighted by molar-refractivity contribution is -0.140. The van der Waals surface area contributed by atoms with Gasteiger partial charge in [-0.2, -0.15) is 0 Å². The van der Waals surface area contributed by atoms with E-state index in [1.54, 1.807) is 4.68 Å². The molecule has 0 unspecified atom stereocenters. The summed E-state index contributed by atoms with van der Waals surface area (Å²) in [6, 6.07) is 7.36. The predicted molar refractivity (Wildman–Crippen MR) is 112 cm³/mol. The van der Waals surface area contributed by atoms with Gasteiger partial charge in [0, 0.05) is 30.1 Å². The number of aliphatic hydroxyl groups excluding tert-OH is 1. The number of carbonyl (C=O) groups is 1. The Labute approximate surface area is 176 Å². The summed E-state index contributed by atoms with van der Waals surface area (Å²) in [6.07, 6.45) is 7.77. The van der Waals surface area contributed by atoms with Crippen molar-refractivity contribution in [1.29, 1.82) is 0 Å². The van der Waals surface area contributed by atoms with Gasteiger partial charge in [0.25, 0.3) is 0 Å². The Morgan fingerprint density at radius 2 is 2.00 bits per heavy atom. The minimum atomic E-state index is -0.664. The first-order valence-corrected chi connectivity index (χ1v) is 11.1. The van der Waals surface area contributed by atoms with Crippen LogP contribution in [0.4, 0.5) is 0 Å². The van der Waals surface area contributed by atoms with Crippen LogP contribution in [-0.4, -0.2) is 43.6 Å². The van der Waals surface area contributed by atoms with E-state index in [-0.39, 0.29) is 18.0 Å². The first kappa shape index (κ1) is 20.4. The van der Waals surface area contributed by atoms with Crippen LogP contribution in [0.2, 0.25) is 5.02 Å². The fourth-order valence-corrected chi connectivity index (χ4v) is 4.34. The normalized spacial score (nSPS) is 24.7. The molecule has 1 aliphatic carbocycles.